The summed E-state index contributed by atoms with van der Waals surface area (Å²) in [4.78, 5) is 31.1. The summed E-state index contributed by atoms with van der Waals surface area (Å²) in [6.07, 6.45) is 0.937. The second kappa shape index (κ2) is 7.22. The molecule has 3 N–H and O–H groups in total. The van der Waals surface area contributed by atoms with E-state index in [1.807, 2.05) is 6.92 Å². The van der Waals surface area contributed by atoms with Gasteiger partial charge in [0.15, 0.2) is 11.5 Å². The van der Waals surface area contributed by atoms with Gasteiger partial charge in [-0.3, -0.25) is 9.78 Å². The van der Waals surface area contributed by atoms with Gasteiger partial charge >= 0.3 is 5.63 Å². The molecule has 3 aliphatic rings. The first-order valence-corrected chi connectivity index (χ1v) is 11.4. The zero-order chi connectivity index (χ0) is 23.8. The summed E-state index contributed by atoms with van der Waals surface area (Å²) in [7, 11) is 0. The van der Waals surface area contributed by atoms with Crippen LogP contribution in [0.2, 0.25) is 0 Å². The standard InChI is InChI=1S/C25H29NO7/c1-23-8-7-17(28)24(2,12-27)16(23)11-18(29)25(3)21(23)20(30)19-15(33-25)10-14(32-22(19)31)13-6-4-5-9-26-13/h4-6,9-10,16-18,21,27-29H,7-8,11-12H2,1-3H3/t16-,17+,18+,21-,23+,24+,25-/m1/s1. The Morgan fingerprint density at radius 2 is 1.91 bits per heavy atom. The van der Waals surface area contributed by atoms with Crippen LogP contribution in [0, 0.1) is 22.7 Å². The molecule has 2 aromatic rings. The molecular weight excluding hydrogens is 426 g/mol. The monoisotopic (exact) mass is 455 g/mol. The molecular formula is C25H29NO7. The van der Waals surface area contributed by atoms with Crippen LogP contribution < -0.4 is 10.4 Å². The van der Waals surface area contributed by atoms with Gasteiger partial charge in [0, 0.05) is 17.7 Å². The van der Waals surface area contributed by atoms with Crippen molar-refractivity contribution in [2.24, 2.45) is 22.7 Å². The van der Waals surface area contributed by atoms with E-state index in [1.54, 1.807) is 38.2 Å². The number of aromatic nitrogens is 1. The third-order valence-electron chi connectivity index (χ3n) is 8.67. The number of carbonyl (C=O) groups is 1. The molecule has 0 bridgehead atoms. The van der Waals surface area contributed by atoms with Crippen molar-refractivity contribution in [3.8, 4) is 17.2 Å². The fraction of sp³-hybridized carbons (Fsp3) is 0.560. The summed E-state index contributed by atoms with van der Waals surface area (Å²) >= 11 is 0. The quantitative estimate of drug-likeness (QED) is 0.628. The van der Waals surface area contributed by atoms with Gasteiger partial charge in [0.1, 0.15) is 22.6 Å². The zero-order valence-electron chi connectivity index (χ0n) is 18.9. The maximum atomic E-state index is 13.9. The molecule has 0 amide bonds. The van der Waals surface area contributed by atoms with E-state index in [-0.39, 0.29) is 36.0 Å². The molecule has 8 heteroatoms. The summed E-state index contributed by atoms with van der Waals surface area (Å²) in [6.45, 7) is 5.18. The maximum absolute atomic E-state index is 13.9. The number of aliphatic hydroxyl groups excluding tert-OH is 3. The third-order valence-corrected chi connectivity index (χ3v) is 8.67. The number of Topliss-reactive ketones (excluding diaryl/α,β-unsaturated/α-hetero) is 1. The molecule has 2 fully saturated rings. The number of nitrogens with zero attached hydrogens (tertiary/aromatic N) is 1. The van der Waals surface area contributed by atoms with E-state index in [1.165, 1.54) is 6.07 Å². The average molecular weight is 456 g/mol. The van der Waals surface area contributed by atoms with Gasteiger partial charge in [0.05, 0.1) is 24.7 Å². The van der Waals surface area contributed by atoms with Gasteiger partial charge < -0.3 is 24.5 Å². The van der Waals surface area contributed by atoms with Gasteiger partial charge in [-0.25, -0.2) is 4.79 Å². The molecule has 8 nitrogen and oxygen atoms in total. The third kappa shape index (κ3) is 2.90. The summed E-state index contributed by atoms with van der Waals surface area (Å²) in [5.41, 5.74) is -3.40. The van der Waals surface area contributed by atoms with Crippen molar-refractivity contribution in [2.45, 2.75) is 57.8 Å². The first-order valence-electron chi connectivity index (χ1n) is 11.4. The minimum absolute atomic E-state index is 0.0810. The largest absolute Gasteiger partial charge is 0.483 e. The Labute approximate surface area is 191 Å². The highest BCUT2D eigenvalue weighted by molar-refractivity contribution is 6.02. The summed E-state index contributed by atoms with van der Waals surface area (Å²) in [5.74, 6) is -1.35. The van der Waals surface area contributed by atoms with Crippen molar-refractivity contribution in [2.75, 3.05) is 6.61 Å². The van der Waals surface area contributed by atoms with Crippen molar-refractivity contribution >= 4 is 5.78 Å². The topological polar surface area (TPSA) is 130 Å². The fourth-order valence-corrected chi connectivity index (χ4v) is 6.82. The molecule has 7 atom stereocenters. The molecule has 0 aromatic carbocycles. The summed E-state index contributed by atoms with van der Waals surface area (Å²) < 4.78 is 11.8. The number of fused-ring (bicyclic) bond motifs is 4. The van der Waals surface area contributed by atoms with Crippen LogP contribution in [0.25, 0.3) is 11.5 Å². The SMILES string of the molecule is C[C@]12CC[C@H](O)[C@@](C)(CO)[C@@H]1C[C@H](O)[C@@]1(C)Oc3cc(-c4ccccn4)oc(=O)c3C(=O)[C@H]21. The van der Waals surface area contributed by atoms with E-state index in [4.69, 9.17) is 9.15 Å². The Hall–Kier alpha value is -2.55. The van der Waals surface area contributed by atoms with E-state index in [0.29, 0.717) is 18.5 Å². The molecule has 0 radical (unpaired) electrons. The predicted octanol–water partition coefficient (Wildman–Crippen LogP) is 2.19. The molecule has 0 saturated heterocycles. The van der Waals surface area contributed by atoms with Crippen LogP contribution in [0.5, 0.6) is 5.75 Å². The van der Waals surface area contributed by atoms with Crippen molar-refractivity contribution in [3.05, 3.63) is 46.4 Å². The van der Waals surface area contributed by atoms with E-state index >= 15 is 0 Å². The van der Waals surface area contributed by atoms with E-state index in [0.717, 1.165) is 0 Å². The minimum atomic E-state index is -1.27. The average Bonchev–Trinajstić information content (AvgIpc) is 2.78. The lowest BCUT2D eigenvalue weighted by atomic mass is 9.43. The first kappa shape index (κ1) is 22.3. The minimum Gasteiger partial charge on any atom is -0.483 e. The number of ether oxygens (including phenoxy) is 1. The second-order valence-corrected chi connectivity index (χ2v) is 10.5. The van der Waals surface area contributed by atoms with Crippen LogP contribution in [-0.4, -0.2) is 50.5 Å². The molecule has 1 aliphatic heterocycles. The van der Waals surface area contributed by atoms with Gasteiger partial charge in [-0.15, -0.1) is 0 Å². The fourth-order valence-electron chi connectivity index (χ4n) is 6.82. The Morgan fingerprint density at radius 1 is 1.15 bits per heavy atom. The first-order chi connectivity index (χ1) is 15.6. The van der Waals surface area contributed by atoms with Crippen LogP contribution in [0.3, 0.4) is 0 Å². The van der Waals surface area contributed by atoms with Gasteiger partial charge in [0.25, 0.3) is 0 Å². The van der Waals surface area contributed by atoms with Gasteiger partial charge in [-0.1, -0.05) is 19.9 Å². The number of hydrogen-bond acceptors (Lipinski definition) is 8. The van der Waals surface area contributed by atoms with Crippen LogP contribution >= 0.6 is 0 Å². The van der Waals surface area contributed by atoms with Crippen molar-refractivity contribution in [1.82, 2.24) is 4.98 Å². The lowest BCUT2D eigenvalue weighted by molar-refractivity contribution is -0.226. The molecule has 176 valence electrons. The van der Waals surface area contributed by atoms with E-state index in [9.17, 15) is 24.9 Å². The maximum Gasteiger partial charge on any atom is 0.351 e. The molecule has 3 heterocycles. The Morgan fingerprint density at radius 3 is 2.58 bits per heavy atom. The van der Waals surface area contributed by atoms with Crippen LogP contribution in [0.1, 0.15) is 50.4 Å². The highest BCUT2D eigenvalue weighted by Crippen LogP contribution is 2.64. The number of hydrogen-bond donors (Lipinski definition) is 3. The lowest BCUT2D eigenvalue weighted by Gasteiger charge is -2.64. The number of pyridine rings is 1. The molecule has 5 rings (SSSR count). The Balaban J connectivity index is 1.66. The van der Waals surface area contributed by atoms with Gasteiger partial charge in [0.2, 0.25) is 0 Å². The molecule has 0 spiro atoms. The predicted molar refractivity (Wildman–Crippen MR) is 118 cm³/mol. The van der Waals surface area contributed by atoms with Crippen molar-refractivity contribution in [3.63, 3.8) is 0 Å². The normalized spacial score (nSPS) is 39.8. The van der Waals surface area contributed by atoms with Crippen LogP contribution in [-0.2, 0) is 0 Å². The zero-order valence-corrected chi connectivity index (χ0v) is 18.9. The Bertz CT molecular complexity index is 1160. The Kier molecular flexibility index (Phi) is 4.87. The van der Waals surface area contributed by atoms with Crippen molar-refractivity contribution in [1.29, 1.82) is 0 Å². The van der Waals surface area contributed by atoms with E-state index < -0.39 is 46.0 Å². The molecule has 2 aromatic heterocycles. The number of aliphatic hydroxyl groups is 3. The van der Waals surface area contributed by atoms with Crippen molar-refractivity contribution < 1.29 is 29.3 Å². The molecule has 2 aliphatic carbocycles. The number of rotatable bonds is 2. The van der Waals surface area contributed by atoms with Gasteiger partial charge in [-0.2, -0.15) is 0 Å². The molecule has 0 unspecified atom stereocenters. The summed E-state index contributed by atoms with van der Waals surface area (Å²) in [6, 6.07) is 6.67. The van der Waals surface area contributed by atoms with Crippen LogP contribution in [0.4, 0.5) is 0 Å². The second-order valence-electron chi connectivity index (χ2n) is 10.5. The number of carbonyl (C=O) groups excluding carboxylic acids is 1. The van der Waals surface area contributed by atoms with Crippen LogP contribution in [0.15, 0.2) is 39.7 Å². The number of ketones is 1. The lowest BCUT2D eigenvalue weighted by Crippen LogP contribution is -2.71. The van der Waals surface area contributed by atoms with Gasteiger partial charge in [-0.05, 0) is 49.7 Å². The smallest absolute Gasteiger partial charge is 0.351 e. The van der Waals surface area contributed by atoms with E-state index in [2.05, 4.69) is 4.98 Å². The molecule has 2 saturated carbocycles. The molecule has 33 heavy (non-hydrogen) atoms. The highest BCUT2D eigenvalue weighted by atomic mass is 16.5. The summed E-state index contributed by atoms with van der Waals surface area (Å²) in [5, 5.41) is 32.2. The highest BCUT2D eigenvalue weighted by Gasteiger charge is 2.69.